The summed E-state index contributed by atoms with van der Waals surface area (Å²) in [6.45, 7) is 2.07. The molecule has 0 aliphatic heterocycles. The van der Waals surface area contributed by atoms with Gasteiger partial charge >= 0.3 is 0 Å². The first kappa shape index (κ1) is 12.7. The molecule has 5 heteroatoms. The van der Waals surface area contributed by atoms with Crippen molar-refractivity contribution in [3.8, 4) is 0 Å². The third kappa shape index (κ3) is 5.40. The quantitative estimate of drug-likeness (QED) is 0.554. The lowest BCUT2D eigenvalue weighted by Gasteiger charge is -2.09. The molecular formula is C9H15F2N3. The van der Waals surface area contributed by atoms with E-state index in [0.29, 0.717) is 0 Å². The Balaban J connectivity index is 4.46. The molecule has 0 aromatic carbocycles. The van der Waals surface area contributed by atoms with Crippen molar-refractivity contribution in [2.75, 3.05) is 14.1 Å². The van der Waals surface area contributed by atoms with Crippen LogP contribution in [0.1, 0.15) is 13.8 Å². The number of amidine groups is 1. The van der Waals surface area contributed by atoms with E-state index in [9.17, 15) is 8.78 Å². The van der Waals surface area contributed by atoms with Crippen molar-refractivity contribution in [2.45, 2.75) is 19.8 Å². The van der Waals surface area contributed by atoms with E-state index in [0.717, 1.165) is 13.0 Å². The van der Waals surface area contributed by atoms with Gasteiger partial charge in [0, 0.05) is 21.0 Å². The fourth-order valence-electron chi connectivity index (χ4n) is 0.547. The number of alkyl halides is 2. The van der Waals surface area contributed by atoms with Crippen LogP contribution in [0, 0.1) is 5.41 Å². The van der Waals surface area contributed by atoms with E-state index in [2.05, 4.69) is 4.99 Å². The first-order valence-electron chi connectivity index (χ1n) is 4.09. The molecule has 0 heterocycles. The van der Waals surface area contributed by atoms with Gasteiger partial charge in [0.1, 0.15) is 5.84 Å². The van der Waals surface area contributed by atoms with Crippen molar-refractivity contribution < 1.29 is 8.78 Å². The highest BCUT2D eigenvalue weighted by molar-refractivity contribution is 5.95. The van der Waals surface area contributed by atoms with Gasteiger partial charge in [-0.1, -0.05) is 0 Å². The highest BCUT2D eigenvalue weighted by Gasteiger charge is 2.23. The van der Waals surface area contributed by atoms with Crippen molar-refractivity contribution in [3.05, 3.63) is 11.6 Å². The van der Waals surface area contributed by atoms with Crippen LogP contribution in [-0.4, -0.2) is 37.1 Å². The molecule has 0 aliphatic carbocycles. The molecule has 0 rings (SSSR count). The van der Waals surface area contributed by atoms with Crippen LogP contribution in [0.15, 0.2) is 16.6 Å². The molecule has 3 nitrogen and oxygen atoms in total. The molecule has 0 amide bonds. The lowest BCUT2D eigenvalue weighted by atomic mass is 10.1. The second-order valence-corrected chi connectivity index (χ2v) is 3.31. The van der Waals surface area contributed by atoms with Crippen molar-refractivity contribution in [2.24, 2.45) is 4.99 Å². The fraction of sp³-hybridized carbons (Fsp3) is 0.556. The molecule has 0 bridgehead atoms. The summed E-state index contributed by atoms with van der Waals surface area (Å²) in [6, 6.07) is 0. The lowest BCUT2D eigenvalue weighted by molar-refractivity contribution is 0.0637. The third-order valence-electron chi connectivity index (χ3n) is 1.47. The summed E-state index contributed by atoms with van der Waals surface area (Å²) in [5.41, 5.74) is -0.168. The minimum absolute atomic E-state index is 0.168. The van der Waals surface area contributed by atoms with Crippen LogP contribution in [0.25, 0.3) is 0 Å². The molecular weight excluding hydrogens is 188 g/mol. The van der Waals surface area contributed by atoms with Crippen LogP contribution in [0.5, 0.6) is 0 Å². The Hall–Kier alpha value is -1.26. The van der Waals surface area contributed by atoms with Crippen LogP contribution in [-0.2, 0) is 0 Å². The fourth-order valence-corrected chi connectivity index (χ4v) is 0.547. The normalized spacial score (nSPS) is 13.4. The number of nitrogens with one attached hydrogen (secondary N) is 1. The van der Waals surface area contributed by atoms with E-state index in [-0.39, 0.29) is 11.4 Å². The monoisotopic (exact) mass is 203 g/mol. The summed E-state index contributed by atoms with van der Waals surface area (Å²) in [7, 11) is 3.48. The summed E-state index contributed by atoms with van der Waals surface area (Å²) in [5.74, 6) is -3.07. The second-order valence-electron chi connectivity index (χ2n) is 3.31. The smallest absolute Gasteiger partial charge is 0.266 e. The zero-order valence-electron chi connectivity index (χ0n) is 8.81. The predicted octanol–water partition coefficient (Wildman–Crippen LogP) is 2.16. The Morgan fingerprint density at radius 1 is 1.43 bits per heavy atom. The number of rotatable bonds is 3. The number of hydrogen-bond acceptors (Lipinski definition) is 1. The van der Waals surface area contributed by atoms with Gasteiger partial charge in [-0.2, -0.15) is 0 Å². The van der Waals surface area contributed by atoms with Crippen LogP contribution >= 0.6 is 0 Å². The van der Waals surface area contributed by atoms with Gasteiger partial charge in [0.05, 0.1) is 6.34 Å². The van der Waals surface area contributed by atoms with Gasteiger partial charge in [-0.05, 0) is 18.6 Å². The molecule has 14 heavy (non-hydrogen) atoms. The zero-order chi connectivity index (χ0) is 11.4. The molecule has 0 aromatic rings. The number of aliphatic imine (C=N–C) groups is 1. The summed E-state index contributed by atoms with van der Waals surface area (Å²) in [5, 5.41) is 7.26. The van der Waals surface area contributed by atoms with Crippen LogP contribution in [0.2, 0.25) is 0 Å². The van der Waals surface area contributed by atoms with Crippen molar-refractivity contribution in [1.82, 2.24) is 4.90 Å². The van der Waals surface area contributed by atoms with Crippen molar-refractivity contribution in [1.29, 1.82) is 5.41 Å². The summed E-state index contributed by atoms with van der Waals surface area (Å²) < 4.78 is 25.3. The second kappa shape index (κ2) is 4.83. The molecule has 1 N–H and O–H groups in total. The maximum atomic E-state index is 12.6. The maximum Gasteiger partial charge on any atom is 0.266 e. The van der Waals surface area contributed by atoms with Crippen LogP contribution < -0.4 is 0 Å². The minimum atomic E-state index is -2.89. The van der Waals surface area contributed by atoms with E-state index >= 15 is 0 Å². The maximum absolute atomic E-state index is 12.6. The van der Waals surface area contributed by atoms with Crippen LogP contribution in [0.3, 0.4) is 0 Å². The molecule has 0 unspecified atom stereocenters. The molecule has 0 radical (unpaired) electrons. The number of halogens is 2. The van der Waals surface area contributed by atoms with E-state index in [1.807, 2.05) is 0 Å². The molecule has 0 saturated carbocycles. The minimum Gasteiger partial charge on any atom is -0.369 e. The molecule has 0 saturated heterocycles. The molecule has 0 aromatic heterocycles. The number of hydrogen-bond donors (Lipinski definition) is 1. The highest BCUT2D eigenvalue weighted by atomic mass is 19.3. The van der Waals surface area contributed by atoms with Gasteiger partial charge in [-0.3, -0.25) is 5.41 Å². The van der Waals surface area contributed by atoms with Crippen molar-refractivity contribution >= 4 is 12.2 Å². The van der Waals surface area contributed by atoms with Gasteiger partial charge in [-0.25, -0.2) is 13.8 Å². The zero-order valence-corrected chi connectivity index (χ0v) is 8.81. The molecule has 0 aliphatic rings. The van der Waals surface area contributed by atoms with Gasteiger partial charge in [0.2, 0.25) is 0 Å². The predicted molar refractivity (Wildman–Crippen MR) is 54.3 cm³/mol. The molecule has 0 spiro atoms. The standard InChI is InChI=1S/C9H15F2N3/c1-7(9(2,10)11)5-8(12)13-6-14(3)4/h5-6,12H,1-4H3. The van der Waals surface area contributed by atoms with Gasteiger partial charge in [0.25, 0.3) is 5.92 Å². The lowest BCUT2D eigenvalue weighted by Crippen LogP contribution is -2.13. The van der Waals surface area contributed by atoms with E-state index < -0.39 is 5.92 Å². The summed E-state index contributed by atoms with van der Waals surface area (Å²) >= 11 is 0. The SMILES string of the molecule is CC(=CC(=N)N=CN(C)C)C(C)(F)F. The number of allylic oxidation sites excluding steroid dienone is 1. The van der Waals surface area contributed by atoms with Gasteiger partial charge in [-0.15, -0.1) is 0 Å². The van der Waals surface area contributed by atoms with E-state index in [1.165, 1.54) is 13.3 Å². The average molecular weight is 203 g/mol. The highest BCUT2D eigenvalue weighted by Crippen LogP contribution is 2.21. The molecule has 80 valence electrons. The number of nitrogens with zero attached hydrogens (tertiary/aromatic N) is 2. The Kier molecular flexibility index (Phi) is 4.40. The molecule has 0 fully saturated rings. The van der Waals surface area contributed by atoms with E-state index in [1.54, 1.807) is 19.0 Å². The van der Waals surface area contributed by atoms with Gasteiger partial charge < -0.3 is 4.90 Å². The Bertz CT molecular complexity index is 262. The molecule has 0 atom stereocenters. The van der Waals surface area contributed by atoms with Crippen molar-refractivity contribution in [3.63, 3.8) is 0 Å². The Morgan fingerprint density at radius 3 is 2.29 bits per heavy atom. The Morgan fingerprint density at radius 2 is 1.93 bits per heavy atom. The third-order valence-corrected chi connectivity index (χ3v) is 1.47. The summed E-state index contributed by atoms with van der Waals surface area (Å²) in [6.07, 6.45) is 2.44. The topological polar surface area (TPSA) is 39.5 Å². The largest absolute Gasteiger partial charge is 0.369 e. The first-order valence-corrected chi connectivity index (χ1v) is 4.09. The van der Waals surface area contributed by atoms with Gasteiger partial charge in [0.15, 0.2) is 0 Å². The van der Waals surface area contributed by atoms with Crippen LogP contribution in [0.4, 0.5) is 8.78 Å². The summed E-state index contributed by atoms with van der Waals surface area (Å²) in [4.78, 5) is 5.28. The average Bonchev–Trinajstić information content (AvgIpc) is 1.99. The van der Waals surface area contributed by atoms with E-state index in [4.69, 9.17) is 5.41 Å². The first-order chi connectivity index (χ1) is 6.23. The Labute approximate surface area is 82.6 Å².